The molecule has 4 rings (SSSR count). The highest BCUT2D eigenvalue weighted by atomic mass is 19.4. The minimum Gasteiger partial charge on any atom is -0.384 e. The van der Waals surface area contributed by atoms with Gasteiger partial charge in [-0.05, 0) is 42.9 Å². The molecule has 1 aliphatic heterocycles. The highest BCUT2D eigenvalue weighted by Gasteiger charge is 2.34. The number of hydrogen-bond acceptors (Lipinski definition) is 6. The van der Waals surface area contributed by atoms with Gasteiger partial charge in [0.15, 0.2) is 0 Å². The van der Waals surface area contributed by atoms with Crippen molar-refractivity contribution in [3.05, 3.63) is 82.8 Å². The number of carbonyl (C=O) groups is 1. The maximum atomic E-state index is 13.8. The molecule has 2 aromatic heterocycles. The van der Waals surface area contributed by atoms with Crippen LogP contribution in [0.4, 0.5) is 24.7 Å². The van der Waals surface area contributed by atoms with Crippen molar-refractivity contribution < 1.29 is 18.0 Å². The van der Waals surface area contributed by atoms with Gasteiger partial charge in [0.2, 0.25) is 0 Å². The van der Waals surface area contributed by atoms with Crippen LogP contribution in [-0.4, -0.2) is 58.9 Å². The monoisotopic (exact) mass is 494 g/mol. The first kappa shape index (κ1) is 25.2. The molecule has 0 spiro atoms. The van der Waals surface area contributed by atoms with Gasteiger partial charge in [-0.25, -0.2) is 4.98 Å². The Morgan fingerprint density at radius 3 is 2.47 bits per heavy atom. The summed E-state index contributed by atoms with van der Waals surface area (Å²) in [5, 5.41) is 2.54. The number of rotatable bonds is 4. The highest BCUT2D eigenvalue weighted by molar-refractivity contribution is 6.04. The Labute approximate surface area is 207 Å². The standard InChI is InChI=1S/C26H25F3N6O/c1-34-8-10-35(11-9-34)17-20-5-6-22(13-23(20)26(27,28)29)33-25(36)21-12-19(14-31-16-21)3-2-18-4-7-24(30)32-15-18/h4-7,12-16H,8-11,17H2,1H3,(H2,30,32)(H,33,36). The van der Waals surface area contributed by atoms with Crippen LogP contribution >= 0.6 is 0 Å². The van der Waals surface area contributed by atoms with Crippen molar-refractivity contribution in [3.63, 3.8) is 0 Å². The first-order valence-electron chi connectivity index (χ1n) is 11.3. The lowest BCUT2D eigenvalue weighted by Crippen LogP contribution is -2.44. The molecule has 0 saturated carbocycles. The second kappa shape index (κ2) is 10.8. The van der Waals surface area contributed by atoms with Gasteiger partial charge in [0.25, 0.3) is 5.91 Å². The van der Waals surface area contributed by atoms with Crippen LogP contribution in [0.3, 0.4) is 0 Å². The fourth-order valence-corrected chi connectivity index (χ4v) is 3.76. The van der Waals surface area contributed by atoms with Gasteiger partial charge in [-0.2, -0.15) is 13.2 Å². The Hall–Kier alpha value is -3.94. The van der Waals surface area contributed by atoms with Gasteiger partial charge in [-0.1, -0.05) is 17.9 Å². The summed E-state index contributed by atoms with van der Waals surface area (Å²) in [5.41, 5.74) is 6.32. The fourth-order valence-electron chi connectivity index (χ4n) is 3.76. The molecule has 0 atom stereocenters. The number of halogens is 3. The van der Waals surface area contributed by atoms with Gasteiger partial charge in [0, 0.05) is 68.1 Å². The first-order chi connectivity index (χ1) is 17.2. The molecule has 0 aliphatic carbocycles. The van der Waals surface area contributed by atoms with E-state index in [9.17, 15) is 18.0 Å². The van der Waals surface area contributed by atoms with E-state index < -0.39 is 17.6 Å². The number of benzene rings is 1. The van der Waals surface area contributed by atoms with Crippen molar-refractivity contribution >= 4 is 17.4 Å². The van der Waals surface area contributed by atoms with E-state index in [-0.39, 0.29) is 23.4 Å². The number of nitrogen functional groups attached to an aromatic ring is 1. The van der Waals surface area contributed by atoms with Crippen LogP contribution in [0.5, 0.6) is 0 Å². The molecule has 1 saturated heterocycles. The summed E-state index contributed by atoms with van der Waals surface area (Å²) in [5.74, 6) is 5.58. The second-order valence-corrected chi connectivity index (χ2v) is 8.59. The lowest BCUT2D eigenvalue weighted by atomic mass is 10.0. The summed E-state index contributed by atoms with van der Waals surface area (Å²) in [4.78, 5) is 24.9. The van der Waals surface area contributed by atoms with Gasteiger partial charge in [-0.15, -0.1) is 0 Å². The molecule has 1 aliphatic rings. The van der Waals surface area contributed by atoms with Crippen molar-refractivity contribution in [2.45, 2.75) is 12.7 Å². The van der Waals surface area contributed by atoms with Crippen LogP contribution in [0, 0.1) is 11.8 Å². The number of amides is 1. The number of alkyl halides is 3. The van der Waals surface area contributed by atoms with E-state index in [2.05, 4.69) is 32.0 Å². The third kappa shape index (κ3) is 6.59. The number of hydrogen-bond donors (Lipinski definition) is 2. The van der Waals surface area contributed by atoms with Crippen molar-refractivity contribution in [3.8, 4) is 11.8 Å². The maximum absolute atomic E-state index is 13.8. The number of anilines is 2. The Morgan fingerprint density at radius 2 is 1.78 bits per heavy atom. The van der Waals surface area contributed by atoms with Gasteiger partial charge in [-0.3, -0.25) is 14.7 Å². The fraction of sp³-hybridized carbons (Fsp3) is 0.269. The predicted molar refractivity (Wildman–Crippen MR) is 131 cm³/mol. The number of pyridine rings is 2. The molecule has 7 nitrogen and oxygen atoms in total. The summed E-state index contributed by atoms with van der Waals surface area (Å²) < 4.78 is 41.5. The summed E-state index contributed by atoms with van der Waals surface area (Å²) in [6, 6.07) is 8.75. The van der Waals surface area contributed by atoms with Crippen molar-refractivity contribution in [2.24, 2.45) is 0 Å². The zero-order valence-corrected chi connectivity index (χ0v) is 19.6. The van der Waals surface area contributed by atoms with Gasteiger partial charge in [0.05, 0.1) is 11.1 Å². The molecule has 186 valence electrons. The molecular weight excluding hydrogens is 469 g/mol. The Balaban J connectivity index is 1.49. The zero-order chi connectivity index (χ0) is 25.7. The molecular formula is C26H25F3N6O. The van der Waals surface area contributed by atoms with Crippen LogP contribution in [0.2, 0.25) is 0 Å². The normalized spacial score (nSPS) is 14.7. The van der Waals surface area contributed by atoms with Crippen molar-refractivity contribution in [1.82, 2.24) is 19.8 Å². The molecule has 1 aromatic carbocycles. The SMILES string of the molecule is CN1CCN(Cc2ccc(NC(=O)c3cncc(C#Cc4ccc(N)nc4)c3)cc2C(F)(F)F)CC1. The number of nitrogens with one attached hydrogen (secondary N) is 1. The number of nitrogens with two attached hydrogens (primary N) is 1. The highest BCUT2D eigenvalue weighted by Crippen LogP contribution is 2.34. The van der Waals surface area contributed by atoms with Crippen LogP contribution < -0.4 is 11.1 Å². The lowest BCUT2D eigenvalue weighted by molar-refractivity contribution is -0.138. The number of carbonyl (C=O) groups excluding carboxylic acids is 1. The number of piperazine rings is 1. The van der Waals surface area contributed by atoms with E-state index in [0.29, 0.717) is 30.0 Å². The van der Waals surface area contributed by atoms with E-state index in [1.54, 1.807) is 12.1 Å². The number of likely N-dealkylation sites (N-methyl/N-ethyl adjacent to an activating group) is 1. The van der Waals surface area contributed by atoms with Gasteiger partial charge < -0.3 is 16.0 Å². The Morgan fingerprint density at radius 1 is 1.03 bits per heavy atom. The molecule has 36 heavy (non-hydrogen) atoms. The lowest BCUT2D eigenvalue weighted by Gasteiger charge is -2.33. The van der Waals surface area contributed by atoms with E-state index in [4.69, 9.17) is 5.73 Å². The van der Waals surface area contributed by atoms with Crippen molar-refractivity contribution in [2.75, 3.05) is 44.3 Å². The second-order valence-electron chi connectivity index (χ2n) is 8.59. The minimum atomic E-state index is -4.54. The molecule has 1 amide bonds. The molecule has 0 unspecified atom stereocenters. The van der Waals surface area contributed by atoms with Crippen LogP contribution in [0.1, 0.15) is 32.6 Å². The van der Waals surface area contributed by atoms with Crippen molar-refractivity contribution in [1.29, 1.82) is 0 Å². The Kier molecular flexibility index (Phi) is 7.52. The summed E-state index contributed by atoms with van der Waals surface area (Å²) >= 11 is 0. The molecule has 1 fully saturated rings. The summed E-state index contributed by atoms with van der Waals surface area (Å²) in [6.45, 7) is 3.22. The molecule has 0 bridgehead atoms. The molecule has 0 radical (unpaired) electrons. The van der Waals surface area contributed by atoms with Crippen LogP contribution in [0.15, 0.2) is 55.0 Å². The summed E-state index contributed by atoms with van der Waals surface area (Å²) in [6.07, 6.45) is -0.199. The smallest absolute Gasteiger partial charge is 0.384 e. The molecule has 3 aromatic rings. The van der Waals surface area contributed by atoms with Crippen LogP contribution in [-0.2, 0) is 12.7 Å². The minimum absolute atomic E-state index is 0.0545. The molecule has 3 heterocycles. The predicted octanol–water partition coefficient (Wildman–Crippen LogP) is 3.48. The third-order valence-electron chi connectivity index (χ3n) is 5.80. The van der Waals surface area contributed by atoms with E-state index in [1.165, 1.54) is 36.8 Å². The Bertz CT molecular complexity index is 1290. The number of nitrogens with zero attached hydrogens (tertiary/aromatic N) is 4. The average Bonchev–Trinajstić information content (AvgIpc) is 2.85. The van der Waals surface area contributed by atoms with Gasteiger partial charge in [0.1, 0.15) is 5.82 Å². The largest absolute Gasteiger partial charge is 0.416 e. The topological polar surface area (TPSA) is 87.4 Å². The van der Waals surface area contributed by atoms with E-state index in [1.807, 2.05) is 11.9 Å². The zero-order valence-electron chi connectivity index (χ0n) is 19.6. The van der Waals surface area contributed by atoms with Crippen LogP contribution in [0.25, 0.3) is 0 Å². The summed E-state index contributed by atoms with van der Waals surface area (Å²) in [7, 11) is 1.99. The van der Waals surface area contributed by atoms with E-state index in [0.717, 1.165) is 19.2 Å². The average molecular weight is 495 g/mol. The van der Waals surface area contributed by atoms with Gasteiger partial charge >= 0.3 is 6.18 Å². The quantitative estimate of drug-likeness (QED) is 0.540. The third-order valence-corrected chi connectivity index (χ3v) is 5.80. The van der Waals surface area contributed by atoms with E-state index >= 15 is 0 Å². The maximum Gasteiger partial charge on any atom is 0.416 e. The number of aromatic nitrogens is 2. The molecule has 10 heteroatoms. The first-order valence-corrected chi connectivity index (χ1v) is 11.3. The molecule has 3 N–H and O–H groups in total.